The Hall–Kier alpha value is -1.10. The van der Waals surface area contributed by atoms with Gasteiger partial charge in [-0.15, -0.1) is 0 Å². The molecule has 0 aromatic carbocycles. The van der Waals surface area contributed by atoms with E-state index in [9.17, 15) is 9.59 Å². The van der Waals surface area contributed by atoms with Crippen molar-refractivity contribution in [2.24, 2.45) is 5.92 Å². The molecule has 0 aromatic rings. The third kappa shape index (κ3) is 27.7. The van der Waals surface area contributed by atoms with E-state index in [0.717, 1.165) is 25.2 Å². The van der Waals surface area contributed by atoms with Crippen LogP contribution in [0.3, 0.4) is 0 Å². The van der Waals surface area contributed by atoms with E-state index in [1.165, 1.54) is 109 Å². The SMILES string of the molecule is CCCCCCCCCCCCCCCC(C)CCCCCCCC(=O)OC(CC(=O)O)C[N+](C)(C)C. The molecule has 0 bridgehead atoms. The van der Waals surface area contributed by atoms with Gasteiger partial charge in [-0.05, 0) is 12.3 Å². The van der Waals surface area contributed by atoms with Crippen LogP contribution in [0, 0.1) is 5.92 Å². The molecular weight excluding hydrogens is 462 g/mol. The molecular formula is C32H64NO4+. The van der Waals surface area contributed by atoms with Gasteiger partial charge >= 0.3 is 11.9 Å². The van der Waals surface area contributed by atoms with Crippen LogP contribution in [0.15, 0.2) is 0 Å². The number of likely N-dealkylation sites (N-methyl/N-ethyl adjacent to an activating group) is 1. The van der Waals surface area contributed by atoms with E-state index in [4.69, 9.17) is 9.84 Å². The summed E-state index contributed by atoms with van der Waals surface area (Å²) >= 11 is 0. The molecule has 0 spiro atoms. The number of carboxylic acids is 1. The highest BCUT2D eigenvalue weighted by atomic mass is 16.5. The highest BCUT2D eigenvalue weighted by Gasteiger charge is 2.24. The van der Waals surface area contributed by atoms with E-state index in [-0.39, 0.29) is 12.4 Å². The average Bonchev–Trinajstić information content (AvgIpc) is 2.79. The summed E-state index contributed by atoms with van der Waals surface area (Å²) in [7, 11) is 5.93. The van der Waals surface area contributed by atoms with Crippen LogP contribution in [-0.2, 0) is 14.3 Å². The molecule has 5 heteroatoms. The number of esters is 1. The van der Waals surface area contributed by atoms with Gasteiger partial charge < -0.3 is 14.3 Å². The van der Waals surface area contributed by atoms with Gasteiger partial charge in [0, 0.05) is 6.42 Å². The van der Waals surface area contributed by atoms with E-state index in [2.05, 4.69) is 13.8 Å². The number of carboxylic acid groups (broad SMARTS) is 1. The zero-order valence-electron chi connectivity index (χ0n) is 25.5. The molecule has 1 N–H and O–H groups in total. The summed E-state index contributed by atoms with van der Waals surface area (Å²) in [6, 6.07) is 0. The van der Waals surface area contributed by atoms with E-state index in [1.54, 1.807) is 0 Å². The highest BCUT2D eigenvalue weighted by molar-refractivity contribution is 5.71. The van der Waals surface area contributed by atoms with E-state index >= 15 is 0 Å². The number of unbranched alkanes of at least 4 members (excludes halogenated alkanes) is 16. The number of hydrogen-bond acceptors (Lipinski definition) is 3. The minimum absolute atomic E-state index is 0.126. The minimum Gasteiger partial charge on any atom is -0.481 e. The zero-order valence-corrected chi connectivity index (χ0v) is 25.5. The molecule has 0 amide bonds. The lowest BCUT2D eigenvalue weighted by Gasteiger charge is -2.28. The summed E-state index contributed by atoms with van der Waals surface area (Å²) in [4.78, 5) is 23.2. The van der Waals surface area contributed by atoms with Crippen LogP contribution in [0.5, 0.6) is 0 Å². The molecule has 37 heavy (non-hydrogen) atoms. The van der Waals surface area contributed by atoms with Gasteiger partial charge in [-0.2, -0.15) is 0 Å². The second-order valence-corrected chi connectivity index (χ2v) is 12.6. The molecule has 0 fully saturated rings. The van der Waals surface area contributed by atoms with Crippen LogP contribution in [0.2, 0.25) is 0 Å². The summed E-state index contributed by atoms with van der Waals surface area (Å²) in [6.07, 6.45) is 26.4. The molecule has 0 radical (unpaired) electrons. The molecule has 0 saturated heterocycles. The Morgan fingerprint density at radius 1 is 0.676 bits per heavy atom. The fourth-order valence-corrected chi connectivity index (χ4v) is 5.14. The fourth-order valence-electron chi connectivity index (χ4n) is 5.14. The smallest absolute Gasteiger partial charge is 0.307 e. The Labute approximate surface area is 230 Å². The number of ether oxygens (including phenoxy) is 1. The van der Waals surface area contributed by atoms with Crippen molar-refractivity contribution in [3.63, 3.8) is 0 Å². The number of carbonyl (C=O) groups excluding carboxylic acids is 1. The van der Waals surface area contributed by atoms with Gasteiger partial charge in [-0.3, -0.25) is 9.59 Å². The molecule has 0 saturated carbocycles. The van der Waals surface area contributed by atoms with Crippen LogP contribution in [0.4, 0.5) is 0 Å². The van der Waals surface area contributed by atoms with E-state index < -0.39 is 12.1 Å². The first-order valence-electron chi connectivity index (χ1n) is 15.9. The maximum Gasteiger partial charge on any atom is 0.307 e. The van der Waals surface area contributed by atoms with Gasteiger partial charge in [0.1, 0.15) is 6.54 Å². The first kappa shape index (κ1) is 35.9. The molecule has 2 unspecified atom stereocenters. The highest BCUT2D eigenvalue weighted by Crippen LogP contribution is 2.19. The second kappa shape index (κ2) is 24.0. The van der Waals surface area contributed by atoms with Crippen LogP contribution in [-0.4, -0.2) is 55.3 Å². The molecule has 0 aliphatic heterocycles. The van der Waals surface area contributed by atoms with Gasteiger partial charge in [0.2, 0.25) is 0 Å². The molecule has 5 nitrogen and oxygen atoms in total. The van der Waals surface area contributed by atoms with Crippen molar-refractivity contribution < 1.29 is 23.9 Å². The van der Waals surface area contributed by atoms with Crippen molar-refractivity contribution in [1.29, 1.82) is 0 Å². The Morgan fingerprint density at radius 2 is 1.08 bits per heavy atom. The third-order valence-electron chi connectivity index (χ3n) is 7.33. The van der Waals surface area contributed by atoms with E-state index in [1.807, 2.05) is 21.1 Å². The van der Waals surface area contributed by atoms with Crippen LogP contribution < -0.4 is 0 Å². The standard InChI is InChI=1S/C32H63NO4/c1-6-7-8-9-10-11-12-13-14-15-16-18-21-24-29(2)25-22-19-17-20-23-26-32(36)37-30(27-31(34)35)28-33(3,4)5/h29-30H,6-28H2,1-5H3/p+1. The van der Waals surface area contributed by atoms with Crippen LogP contribution in [0.25, 0.3) is 0 Å². The van der Waals surface area contributed by atoms with Gasteiger partial charge in [0.05, 0.1) is 27.6 Å². The third-order valence-corrected chi connectivity index (χ3v) is 7.33. The van der Waals surface area contributed by atoms with Gasteiger partial charge in [0.15, 0.2) is 6.10 Å². The minimum atomic E-state index is -0.922. The van der Waals surface area contributed by atoms with Crippen LogP contribution in [0.1, 0.15) is 155 Å². The summed E-state index contributed by atoms with van der Waals surface area (Å²) in [5, 5.41) is 9.07. The fraction of sp³-hybridized carbons (Fsp3) is 0.938. The number of nitrogens with zero attached hydrogens (tertiary/aromatic N) is 1. The lowest BCUT2D eigenvalue weighted by atomic mass is 9.96. The molecule has 0 aliphatic carbocycles. The zero-order chi connectivity index (χ0) is 27.8. The quantitative estimate of drug-likeness (QED) is 0.0659. The van der Waals surface area contributed by atoms with E-state index in [0.29, 0.717) is 17.4 Å². The predicted molar refractivity (Wildman–Crippen MR) is 157 cm³/mol. The Bertz CT molecular complexity index is 543. The molecule has 2 atom stereocenters. The Morgan fingerprint density at radius 3 is 1.49 bits per heavy atom. The first-order chi connectivity index (χ1) is 17.6. The molecule has 0 aliphatic rings. The summed E-state index contributed by atoms with van der Waals surface area (Å²) in [5.74, 6) is -0.351. The van der Waals surface area contributed by atoms with Gasteiger partial charge in [-0.25, -0.2) is 0 Å². The predicted octanol–water partition coefficient (Wildman–Crippen LogP) is 8.93. The second-order valence-electron chi connectivity index (χ2n) is 12.6. The van der Waals surface area contributed by atoms with Crippen molar-refractivity contribution in [1.82, 2.24) is 0 Å². The molecule has 0 heterocycles. The number of rotatable bonds is 27. The topological polar surface area (TPSA) is 63.6 Å². The normalized spacial score (nSPS) is 13.4. The summed E-state index contributed by atoms with van der Waals surface area (Å²) in [6.45, 7) is 5.20. The van der Waals surface area contributed by atoms with Crippen LogP contribution >= 0.6 is 0 Å². The van der Waals surface area contributed by atoms with Crippen molar-refractivity contribution in [2.45, 2.75) is 161 Å². The molecule has 0 rings (SSSR count). The largest absolute Gasteiger partial charge is 0.481 e. The molecule has 0 aromatic heterocycles. The Kier molecular flexibility index (Phi) is 23.3. The first-order valence-corrected chi connectivity index (χ1v) is 15.9. The van der Waals surface area contributed by atoms with Crippen molar-refractivity contribution in [3.8, 4) is 0 Å². The Balaban J connectivity index is 3.55. The summed E-state index contributed by atoms with van der Waals surface area (Å²) in [5.41, 5.74) is 0. The van der Waals surface area contributed by atoms with Gasteiger partial charge in [0.25, 0.3) is 0 Å². The number of aliphatic carboxylic acids is 1. The monoisotopic (exact) mass is 526 g/mol. The number of hydrogen-bond donors (Lipinski definition) is 1. The number of quaternary nitrogens is 1. The average molecular weight is 527 g/mol. The van der Waals surface area contributed by atoms with Gasteiger partial charge in [-0.1, -0.05) is 136 Å². The lowest BCUT2D eigenvalue weighted by Crippen LogP contribution is -2.43. The summed E-state index contributed by atoms with van der Waals surface area (Å²) < 4.78 is 6.03. The van der Waals surface area contributed by atoms with Crippen molar-refractivity contribution >= 4 is 11.9 Å². The van der Waals surface area contributed by atoms with Crippen molar-refractivity contribution in [3.05, 3.63) is 0 Å². The number of carbonyl (C=O) groups is 2. The molecule has 220 valence electrons. The lowest BCUT2D eigenvalue weighted by molar-refractivity contribution is -0.873. The maximum absolute atomic E-state index is 12.1. The van der Waals surface area contributed by atoms with Crippen molar-refractivity contribution in [2.75, 3.05) is 27.7 Å². The maximum atomic E-state index is 12.1.